The lowest BCUT2D eigenvalue weighted by molar-refractivity contribution is 0.102. The van der Waals surface area contributed by atoms with Crippen LogP contribution in [-0.4, -0.2) is 29.5 Å². The van der Waals surface area contributed by atoms with Crippen LogP contribution >= 0.6 is 11.5 Å². The summed E-state index contributed by atoms with van der Waals surface area (Å²) in [5, 5.41) is 5.18. The van der Waals surface area contributed by atoms with E-state index in [-0.39, 0.29) is 5.91 Å². The molecule has 4 aromatic rings. The molecule has 0 saturated carbocycles. The lowest BCUT2D eigenvalue weighted by atomic mass is 10.0. The monoisotopic (exact) mass is 391 g/mol. The molecule has 4 rings (SSSR count). The van der Waals surface area contributed by atoms with Gasteiger partial charge in [0.15, 0.2) is 17.3 Å². The minimum Gasteiger partial charge on any atom is -0.493 e. The highest BCUT2D eigenvalue weighted by atomic mass is 32.1. The molecular weight excluding hydrogens is 374 g/mol. The molecule has 7 heteroatoms. The van der Waals surface area contributed by atoms with Crippen molar-refractivity contribution in [2.24, 2.45) is 0 Å². The Morgan fingerprint density at radius 1 is 0.964 bits per heavy atom. The number of carbonyl (C=O) groups excluding carboxylic acids is 1. The number of amides is 1. The Morgan fingerprint density at radius 3 is 2.57 bits per heavy atom. The summed E-state index contributed by atoms with van der Waals surface area (Å²) in [6.07, 6.45) is 0. The Bertz CT molecular complexity index is 1150. The minimum absolute atomic E-state index is 0.216. The molecule has 3 aromatic carbocycles. The molecule has 0 atom stereocenters. The normalized spacial score (nSPS) is 10.6. The van der Waals surface area contributed by atoms with Gasteiger partial charge in [-0.05, 0) is 35.0 Å². The third kappa shape index (κ3) is 3.39. The zero-order valence-corrected chi connectivity index (χ0v) is 16.1. The summed E-state index contributed by atoms with van der Waals surface area (Å²) in [6.45, 7) is 0. The first-order chi connectivity index (χ1) is 13.7. The van der Waals surface area contributed by atoms with Crippen molar-refractivity contribution in [3.63, 3.8) is 0 Å². The second kappa shape index (κ2) is 7.66. The lowest BCUT2D eigenvalue weighted by Gasteiger charge is -2.07. The maximum absolute atomic E-state index is 12.7. The molecule has 0 aliphatic heterocycles. The number of nitrogens with one attached hydrogen (secondary N) is 1. The first-order valence-corrected chi connectivity index (χ1v) is 9.32. The van der Waals surface area contributed by atoms with Crippen LogP contribution < -0.4 is 14.8 Å². The third-order valence-corrected chi connectivity index (χ3v) is 4.95. The number of hydrogen-bond acceptors (Lipinski definition) is 6. The predicted octanol–water partition coefficient (Wildman–Crippen LogP) is 4.63. The molecule has 0 aliphatic carbocycles. The van der Waals surface area contributed by atoms with Crippen molar-refractivity contribution < 1.29 is 14.3 Å². The number of nitrogens with zero attached hydrogens (tertiary/aromatic N) is 2. The van der Waals surface area contributed by atoms with E-state index in [9.17, 15) is 4.79 Å². The van der Waals surface area contributed by atoms with E-state index in [1.165, 1.54) is 0 Å². The van der Waals surface area contributed by atoms with Crippen LogP contribution in [0.1, 0.15) is 10.4 Å². The minimum atomic E-state index is -0.216. The van der Waals surface area contributed by atoms with E-state index in [1.807, 2.05) is 42.5 Å². The van der Waals surface area contributed by atoms with Crippen LogP contribution in [0.5, 0.6) is 11.5 Å². The number of benzene rings is 3. The first kappa shape index (κ1) is 17.9. The molecular formula is C21H17N3O3S. The summed E-state index contributed by atoms with van der Waals surface area (Å²) >= 11 is 1.13. The van der Waals surface area contributed by atoms with Gasteiger partial charge in [0.05, 0.1) is 14.2 Å². The van der Waals surface area contributed by atoms with Gasteiger partial charge in [-0.2, -0.15) is 9.36 Å². The second-order valence-electron chi connectivity index (χ2n) is 5.97. The molecule has 1 heterocycles. The van der Waals surface area contributed by atoms with Crippen molar-refractivity contribution in [1.82, 2.24) is 9.36 Å². The molecule has 1 aromatic heterocycles. The Hall–Kier alpha value is -3.45. The average molecular weight is 391 g/mol. The van der Waals surface area contributed by atoms with Gasteiger partial charge in [-0.25, -0.2) is 0 Å². The summed E-state index contributed by atoms with van der Waals surface area (Å²) in [7, 11) is 3.16. The third-order valence-electron chi connectivity index (χ3n) is 4.32. The van der Waals surface area contributed by atoms with Crippen LogP contribution in [-0.2, 0) is 0 Å². The Kier molecular flexibility index (Phi) is 4.90. The highest BCUT2D eigenvalue weighted by Crippen LogP contribution is 2.32. The summed E-state index contributed by atoms with van der Waals surface area (Å²) in [5.41, 5.74) is 1.38. The molecule has 0 bridgehead atoms. The number of methoxy groups -OCH3 is 2. The Labute approximate surface area is 165 Å². The van der Waals surface area contributed by atoms with E-state index in [4.69, 9.17) is 9.47 Å². The smallest absolute Gasteiger partial charge is 0.258 e. The van der Waals surface area contributed by atoms with Crippen LogP contribution in [0.4, 0.5) is 5.13 Å². The summed E-state index contributed by atoms with van der Waals surface area (Å²) in [5.74, 6) is 1.52. The number of rotatable bonds is 5. The van der Waals surface area contributed by atoms with Gasteiger partial charge >= 0.3 is 0 Å². The van der Waals surface area contributed by atoms with Crippen molar-refractivity contribution in [2.45, 2.75) is 0 Å². The quantitative estimate of drug-likeness (QED) is 0.537. The maximum atomic E-state index is 12.7. The average Bonchev–Trinajstić information content (AvgIpc) is 3.21. The van der Waals surface area contributed by atoms with Crippen molar-refractivity contribution >= 4 is 33.3 Å². The van der Waals surface area contributed by atoms with Crippen LogP contribution in [0.2, 0.25) is 0 Å². The first-order valence-electron chi connectivity index (χ1n) is 8.55. The zero-order valence-electron chi connectivity index (χ0n) is 15.3. The van der Waals surface area contributed by atoms with Gasteiger partial charge in [0, 0.05) is 22.7 Å². The van der Waals surface area contributed by atoms with Gasteiger partial charge in [0.1, 0.15) is 0 Å². The van der Waals surface area contributed by atoms with Gasteiger partial charge in [-0.3, -0.25) is 10.1 Å². The molecule has 1 amide bonds. The van der Waals surface area contributed by atoms with Crippen molar-refractivity contribution in [2.75, 3.05) is 19.5 Å². The highest BCUT2D eigenvalue weighted by Gasteiger charge is 2.14. The van der Waals surface area contributed by atoms with Gasteiger partial charge in [0.2, 0.25) is 5.13 Å². The molecule has 1 N–H and O–H groups in total. The molecule has 6 nitrogen and oxygen atoms in total. The molecule has 0 radical (unpaired) electrons. The summed E-state index contributed by atoms with van der Waals surface area (Å²) in [6, 6.07) is 18.9. The molecule has 28 heavy (non-hydrogen) atoms. The molecule has 0 aliphatic rings. The van der Waals surface area contributed by atoms with Crippen molar-refractivity contribution in [3.8, 4) is 22.9 Å². The van der Waals surface area contributed by atoms with E-state index in [0.717, 1.165) is 27.9 Å². The lowest BCUT2D eigenvalue weighted by Crippen LogP contribution is -2.12. The molecule has 0 fully saturated rings. The van der Waals surface area contributed by atoms with E-state index >= 15 is 0 Å². The Balaban J connectivity index is 1.59. The molecule has 140 valence electrons. The number of carbonyl (C=O) groups is 1. The molecule has 0 spiro atoms. The fraction of sp³-hybridized carbons (Fsp3) is 0.0952. The highest BCUT2D eigenvalue weighted by molar-refractivity contribution is 7.10. The van der Waals surface area contributed by atoms with E-state index in [0.29, 0.717) is 28.0 Å². The number of anilines is 1. The van der Waals surface area contributed by atoms with E-state index in [1.54, 1.807) is 32.4 Å². The second-order valence-corrected chi connectivity index (χ2v) is 6.73. The number of ether oxygens (including phenoxy) is 2. The summed E-state index contributed by atoms with van der Waals surface area (Å²) < 4.78 is 14.9. The number of hydrogen-bond donors (Lipinski definition) is 1. The van der Waals surface area contributed by atoms with Gasteiger partial charge in [-0.15, -0.1) is 0 Å². The fourth-order valence-electron chi connectivity index (χ4n) is 2.95. The van der Waals surface area contributed by atoms with Gasteiger partial charge in [0.25, 0.3) is 5.91 Å². The van der Waals surface area contributed by atoms with E-state index < -0.39 is 0 Å². The fourth-order valence-corrected chi connectivity index (χ4v) is 3.54. The number of fused-ring (bicyclic) bond motifs is 1. The van der Waals surface area contributed by atoms with Crippen LogP contribution in [0.3, 0.4) is 0 Å². The van der Waals surface area contributed by atoms with Gasteiger partial charge in [-0.1, -0.05) is 36.4 Å². The SMILES string of the molecule is COc1ccc(-c2nsc(NC(=O)c3cccc4ccccc34)n2)cc1OC. The zero-order chi connectivity index (χ0) is 19.5. The van der Waals surface area contributed by atoms with Crippen LogP contribution in [0.25, 0.3) is 22.2 Å². The molecule has 0 saturated heterocycles. The van der Waals surface area contributed by atoms with E-state index in [2.05, 4.69) is 14.7 Å². The predicted molar refractivity (Wildman–Crippen MR) is 110 cm³/mol. The van der Waals surface area contributed by atoms with Crippen LogP contribution in [0.15, 0.2) is 60.7 Å². The Morgan fingerprint density at radius 2 is 1.75 bits per heavy atom. The number of aromatic nitrogens is 2. The van der Waals surface area contributed by atoms with Crippen molar-refractivity contribution in [1.29, 1.82) is 0 Å². The standard InChI is InChI=1S/C21H17N3O3S/c1-26-17-11-10-14(12-18(17)27-2)19-22-21(28-24-19)23-20(25)16-9-5-7-13-6-3-4-8-15(13)16/h3-12H,1-2H3,(H,22,23,24,25). The topological polar surface area (TPSA) is 73.3 Å². The largest absolute Gasteiger partial charge is 0.493 e. The summed E-state index contributed by atoms with van der Waals surface area (Å²) in [4.78, 5) is 17.2. The van der Waals surface area contributed by atoms with Crippen molar-refractivity contribution in [3.05, 3.63) is 66.2 Å². The molecule has 0 unspecified atom stereocenters. The van der Waals surface area contributed by atoms with Crippen LogP contribution in [0, 0.1) is 0 Å². The van der Waals surface area contributed by atoms with Gasteiger partial charge < -0.3 is 9.47 Å². The maximum Gasteiger partial charge on any atom is 0.258 e.